The largest absolute Gasteiger partial charge is 0.508 e. The van der Waals surface area contributed by atoms with Crippen LogP contribution in [0.15, 0.2) is 78.4 Å². The van der Waals surface area contributed by atoms with Gasteiger partial charge in [0.1, 0.15) is 23.0 Å². The van der Waals surface area contributed by atoms with E-state index in [1.807, 2.05) is 13.8 Å². The molecule has 0 spiro atoms. The lowest BCUT2D eigenvalue weighted by Crippen LogP contribution is -2.29. The zero-order chi connectivity index (χ0) is 25.1. The molecule has 3 aromatic carbocycles. The summed E-state index contributed by atoms with van der Waals surface area (Å²) in [5.74, 6) is -0.348. The molecule has 35 heavy (non-hydrogen) atoms. The van der Waals surface area contributed by atoms with E-state index in [2.05, 4.69) is 0 Å². The summed E-state index contributed by atoms with van der Waals surface area (Å²) < 4.78 is 11.0. The Morgan fingerprint density at radius 1 is 0.971 bits per heavy atom. The molecule has 7 heteroatoms. The number of carbonyl (C=O) groups is 2. The SMILES string of the molecule is COc1ccc(N2C(=O)C(=O)/C(=C(\O)c3cccc(OCC(C)C)c3)C2c2ccc(O)cc2)cc1. The van der Waals surface area contributed by atoms with Crippen LogP contribution in [0.1, 0.15) is 31.0 Å². The van der Waals surface area contributed by atoms with Crippen LogP contribution in [0.5, 0.6) is 17.2 Å². The number of ketones is 1. The highest BCUT2D eigenvalue weighted by Crippen LogP contribution is 2.43. The highest BCUT2D eigenvalue weighted by atomic mass is 16.5. The average Bonchev–Trinajstić information content (AvgIpc) is 3.13. The molecule has 1 aliphatic heterocycles. The second kappa shape index (κ2) is 9.93. The third kappa shape index (κ3) is 4.84. The zero-order valence-corrected chi connectivity index (χ0v) is 19.8. The molecule has 3 aromatic rings. The first-order valence-corrected chi connectivity index (χ1v) is 11.3. The maximum Gasteiger partial charge on any atom is 0.300 e. The summed E-state index contributed by atoms with van der Waals surface area (Å²) in [5.41, 5.74) is 1.35. The van der Waals surface area contributed by atoms with Gasteiger partial charge in [-0.3, -0.25) is 14.5 Å². The monoisotopic (exact) mass is 473 g/mol. The Kier molecular flexibility index (Phi) is 6.78. The number of benzene rings is 3. The summed E-state index contributed by atoms with van der Waals surface area (Å²) in [6, 6.07) is 18.8. The summed E-state index contributed by atoms with van der Waals surface area (Å²) in [6.07, 6.45) is 0. The van der Waals surface area contributed by atoms with Gasteiger partial charge in [-0.15, -0.1) is 0 Å². The van der Waals surface area contributed by atoms with Crippen molar-refractivity contribution in [1.29, 1.82) is 0 Å². The van der Waals surface area contributed by atoms with Crippen LogP contribution < -0.4 is 14.4 Å². The van der Waals surface area contributed by atoms with E-state index in [-0.39, 0.29) is 17.1 Å². The summed E-state index contributed by atoms with van der Waals surface area (Å²) in [4.78, 5) is 27.8. The molecule has 0 saturated carbocycles. The summed E-state index contributed by atoms with van der Waals surface area (Å²) >= 11 is 0. The number of carbonyl (C=O) groups excluding carboxylic acids is 2. The van der Waals surface area contributed by atoms with E-state index >= 15 is 0 Å². The van der Waals surface area contributed by atoms with Gasteiger partial charge in [-0.05, 0) is 60.0 Å². The number of hydrogen-bond acceptors (Lipinski definition) is 6. The zero-order valence-electron chi connectivity index (χ0n) is 19.8. The fourth-order valence-corrected chi connectivity index (χ4v) is 3.97. The lowest BCUT2D eigenvalue weighted by atomic mass is 9.95. The van der Waals surface area contributed by atoms with Crippen molar-refractivity contribution >= 4 is 23.1 Å². The van der Waals surface area contributed by atoms with Crippen molar-refractivity contribution in [3.63, 3.8) is 0 Å². The number of Topliss-reactive ketones (excluding diaryl/α,β-unsaturated/α-hetero) is 1. The maximum absolute atomic E-state index is 13.3. The lowest BCUT2D eigenvalue weighted by molar-refractivity contribution is -0.132. The average molecular weight is 474 g/mol. The molecule has 1 amide bonds. The van der Waals surface area contributed by atoms with E-state index in [9.17, 15) is 19.8 Å². The van der Waals surface area contributed by atoms with E-state index < -0.39 is 17.7 Å². The second-order valence-electron chi connectivity index (χ2n) is 8.69. The number of aromatic hydroxyl groups is 1. The van der Waals surface area contributed by atoms with Gasteiger partial charge in [0, 0.05) is 11.3 Å². The third-order valence-corrected chi connectivity index (χ3v) is 5.69. The minimum atomic E-state index is -0.899. The number of hydrogen-bond donors (Lipinski definition) is 2. The van der Waals surface area contributed by atoms with E-state index in [0.29, 0.717) is 40.8 Å². The topological polar surface area (TPSA) is 96.3 Å². The number of ether oxygens (including phenoxy) is 2. The van der Waals surface area contributed by atoms with E-state index in [1.165, 1.54) is 24.1 Å². The van der Waals surface area contributed by atoms with Crippen molar-refractivity contribution in [3.05, 3.63) is 89.5 Å². The van der Waals surface area contributed by atoms with E-state index in [0.717, 1.165) is 0 Å². The van der Waals surface area contributed by atoms with Crippen molar-refractivity contribution in [1.82, 2.24) is 0 Å². The number of rotatable bonds is 7. The fraction of sp³-hybridized carbons (Fsp3) is 0.214. The Morgan fingerprint density at radius 2 is 1.66 bits per heavy atom. The van der Waals surface area contributed by atoms with Crippen LogP contribution in [0.4, 0.5) is 5.69 Å². The molecule has 180 valence electrons. The van der Waals surface area contributed by atoms with Gasteiger partial charge in [0.05, 0.1) is 25.3 Å². The maximum atomic E-state index is 13.3. The predicted octanol–water partition coefficient (Wildman–Crippen LogP) is 5.06. The fourth-order valence-electron chi connectivity index (χ4n) is 3.97. The number of methoxy groups -OCH3 is 1. The standard InChI is InChI=1S/C28H27NO6/c1-17(2)16-35-23-6-4-5-19(15-23)26(31)24-25(18-7-11-21(30)12-8-18)29(28(33)27(24)32)20-9-13-22(34-3)14-10-20/h4-15,17,25,30-31H,16H2,1-3H3/b26-24-. The van der Waals surface area contributed by atoms with Crippen molar-refractivity contribution < 1.29 is 29.3 Å². The van der Waals surface area contributed by atoms with Crippen LogP contribution in [0, 0.1) is 5.92 Å². The van der Waals surface area contributed by atoms with Crippen LogP contribution in [0.2, 0.25) is 0 Å². The highest BCUT2D eigenvalue weighted by molar-refractivity contribution is 6.51. The summed E-state index contributed by atoms with van der Waals surface area (Å²) in [5, 5.41) is 21.1. The first-order valence-electron chi connectivity index (χ1n) is 11.3. The molecule has 1 aliphatic rings. The van der Waals surface area contributed by atoms with E-state index in [1.54, 1.807) is 60.7 Å². The molecule has 1 atom stereocenters. The van der Waals surface area contributed by atoms with E-state index in [4.69, 9.17) is 9.47 Å². The van der Waals surface area contributed by atoms with Crippen molar-refractivity contribution in [3.8, 4) is 17.2 Å². The van der Waals surface area contributed by atoms with Crippen LogP contribution in [-0.4, -0.2) is 35.6 Å². The third-order valence-electron chi connectivity index (χ3n) is 5.69. The van der Waals surface area contributed by atoms with Crippen molar-refractivity contribution in [2.45, 2.75) is 19.9 Å². The molecule has 2 N–H and O–H groups in total. The van der Waals surface area contributed by atoms with Gasteiger partial charge in [-0.25, -0.2) is 0 Å². The molecule has 0 aromatic heterocycles. The highest BCUT2D eigenvalue weighted by Gasteiger charge is 2.47. The number of aliphatic hydroxyl groups is 1. The number of phenolic OH excluding ortho intramolecular Hbond substituents is 1. The van der Waals surface area contributed by atoms with Gasteiger partial charge < -0.3 is 19.7 Å². The second-order valence-corrected chi connectivity index (χ2v) is 8.69. The molecule has 1 unspecified atom stereocenters. The predicted molar refractivity (Wildman–Crippen MR) is 133 cm³/mol. The molecule has 0 aliphatic carbocycles. The molecule has 1 saturated heterocycles. The Morgan fingerprint density at radius 3 is 2.29 bits per heavy atom. The molecular formula is C28H27NO6. The van der Waals surface area contributed by atoms with Crippen molar-refractivity contribution in [2.24, 2.45) is 5.92 Å². The minimum absolute atomic E-state index is 0.0440. The number of nitrogens with zero attached hydrogens (tertiary/aromatic N) is 1. The van der Waals surface area contributed by atoms with Crippen LogP contribution in [0.25, 0.3) is 5.76 Å². The lowest BCUT2D eigenvalue weighted by Gasteiger charge is -2.25. The van der Waals surface area contributed by atoms with Gasteiger partial charge in [0.25, 0.3) is 11.7 Å². The molecule has 4 rings (SSSR count). The normalized spacial score (nSPS) is 17.1. The Bertz CT molecular complexity index is 1260. The summed E-state index contributed by atoms with van der Waals surface area (Å²) in [6.45, 7) is 4.56. The number of anilines is 1. The number of phenols is 1. The van der Waals surface area contributed by atoms with Gasteiger partial charge in [0.15, 0.2) is 0 Å². The number of aliphatic hydroxyl groups excluding tert-OH is 1. The molecule has 1 fully saturated rings. The van der Waals surface area contributed by atoms with Gasteiger partial charge in [-0.1, -0.05) is 38.1 Å². The molecular weight excluding hydrogens is 446 g/mol. The Balaban J connectivity index is 1.84. The van der Waals surface area contributed by atoms with Gasteiger partial charge in [-0.2, -0.15) is 0 Å². The van der Waals surface area contributed by atoms with Crippen LogP contribution in [-0.2, 0) is 9.59 Å². The smallest absolute Gasteiger partial charge is 0.300 e. The molecule has 0 bridgehead atoms. The Hall–Kier alpha value is -4.26. The van der Waals surface area contributed by atoms with Crippen LogP contribution >= 0.6 is 0 Å². The van der Waals surface area contributed by atoms with Gasteiger partial charge in [0.2, 0.25) is 0 Å². The summed E-state index contributed by atoms with van der Waals surface area (Å²) in [7, 11) is 1.54. The molecule has 0 radical (unpaired) electrons. The molecule has 1 heterocycles. The molecule has 7 nitrogen and oxygen atoms in total. The van der Waals surface area contributed by atoms with Crippen LogP contribution in [0.3, 0.4) is 0 Å². The Labute approximate surface area is 203 Å². The number of amides is 1. The quantitative estimate of drug-likeness (QED) is 0.283. The van der Waals surface area contributed by atoms with Crippen molar-refractivity contribution in [2.75, 3.05) is 18.6 Å². The first-order chi connectivity index (χ1) is 16.8. The first kappa shape index (κ1) is 23.9. The minimum Gasteiger partial charge on any atom is -0.508 e. The van der Waals surface area contributed by atoms with Gasteiger partial charge >= 0.3 is 0 Å².